The molecule has 5 heteroatoms. The number of halogens is 1. The molecule has 0 saturated carbocycles. The summed E-state index contributed by atoms with van der Waals surface area (Å²) in [7, 11) is 0. The zero-order valence-corrected chi connectivity index (χ0v) is 12.4. The van der Waals surface area contributed by atoms with Crippen molar-refractivity contribution in [1.29, 1.82) is 0 Å². The van der Waals surface area contributed by atoms with E-state index in [-0.39, 0.29) is 11.9 Å². The number of alkyl halides is 1. The molecule has 1 aliphatic rings. The molecule has 0 aliphatic carbocycles. The van der Waals surface area contributed by atoms with Crippen molar-refractivity contribution in [1.82, 2.24) is 14.5 Å². The molecule has 1 aliphatic heterocycles. The van der Waals surface area contributed by atoms with E-state index in [0.717, 1.165) is 23.8 Å². The van der Waals surface area contributed by atoms with Crippen molar-refractivity contribution >= 4 is 27.4 Å². The maximum Gasteiger partial charge on any atom is 0.257 e. The average Bonchev–Trinajstić information content (AvgIpc) is 3.01. The first-order valence-corrected chi connectivity index (χ1v) is 7.64. The molecule has 1 saturated heterocycles. The minimum absolute atomic E-state index is 0.0926. The summed E-state index contributed by atoms with van der Waals surface area (Å²) in [5.74, 6) is 0.639. The van der Waals surface area contributed by atoms with Gasteiger partial charge < -0.3 is 4.90 Å². The molecule has 3 rings (SSSR count). The number of aromatic nitrogens is 2. The van der Waals surface area contributed by atoms with Crippen molar-refractivity contribution in [3.8, 4) is 0 Å². The highest BCUT2D eigenvalue weighted by atomic mass is 79.9. The summed E-state index contributed by atoms with van der Waals surface area (Å²) in [6.07, 6.45) is 4.61. The predicted octanol–water partition coefficient (Wildman–Crippen LogP) is 2.58. The Balaban J connectivity index is 1.96. The monoisotopic (exact) mass is 321 g/mol. The smallest absolute Gasteiger partial charge is 0.257 e. The van der Waals surface area contributed by atoms with Crippen LogP contribution in [0, 0.1) is 5.92 Å². The van der Waals surface area contributed by atoms with Gasteiger partial charge in [0.1, 0.15) is 0 Å². The number of likely N-dealkylation sites (tertiary alicyclic amines) is 1. The quantitative estimate of drug-likeness (QED) is 0.797. The van der Waals surface area contributed by atoms with Gasteiger partial charge in [-0.2, -0.15) is 5.10 Å². The Kier molecular flexibility index (Phi) is 3.31. The van der Waals surface area contributed by atoms with Gasteiger partial charge in [0, 0.05) is 24.1 Å². The third kappa shape index (κ3) is 2.06. The lowest BCUT2D eigenvalue weighted by atomic mass is 10.0. The maximum atomic E-state index is 12.7. The topological polar surface area (TPSA) is 37.6 Å². The van der Waals surface area contributed by atoms with Crippen LogP contribution in [0.4, 0.5) is 0 Å². The van der Waals surface area contributed by atoms with Gasteiger partial charge in [-0.05, 0) is 24.5 Å². The van der Waals surface area contributed by atoms with Gasteiger partial charge in [-0.25, -0.2) is 4.52 Å². The van der Waals surface area contributed by atoms with Crippen molar-refractivity contribution in [2.45, 2.75) is 19.4 Å². The van der Waals surface area contributed by atoms with Gasteiger partial charge in [-0.15, -0.1) is 0 Å². The summed E-state index contributed by atoms with van der Waals surface area (Å²) in [4.78, 5) is 14.7. The molecule has 2 atom stereocenters. The molecule has 1 fully saturated rings. The van der Waals surface area contributed by atoms with E-state index in [9.17, 15) is 4.79 Å². The van der Waals surface area contributed by atoms with Crippen molar-refractivity contribution in [2.75, 3.05) is 11.9 Å². The minimum Gasteiger partial charge on any atom is -0.334 e. The van der Waals surface area contributed by atoms with Crippen molar-refractivity contribution in [3.63, 3.8) is 0 Å². The molecule has 0 spiro atoms. The minimum atomic E-state index is 0.0926. The predicted molar refractivity (Wildman–Crippen MR) is 77.6 cm³/mol. The van der Waals surface area contributed by atoms with Gasteiger partial charge in [0.15, 0.2) is 0 Å². The molecule has 19 heavy (non-hydrogen) atoms. The normalized spacial score (nSPS) is 23.2. The van der Waals surface area contributed by atoms with Crippen molar-refractivity contribution in [3.05, 3.63) is 36.2 Å². The second-order valence-corrected chi connectivity index (χ2v) is 5.72. The van der Waals surface area contributed by atoms with Gasteiger partial charge in [0.05, 0.1) is 17.3 Å². The molecule has 100 valence electrons. The summed E-state index contributed by atoms with van der Waals surface area (Å²) < 4.78 is 1.75. The highest BCUT2D eigenvalue weighted by Crippen LogP contribution is 2.27. The second kappa shape index (κ2) is 4.96. The van der Waals surface area contributed by atoms with Crippen LogP contribution in [-0.4, -0.2) is 38.3 Å². The highest BCUT2D eigenvalue weighted by molar-refractivity contribution is 9.09. The van der Waals surface area contributed by atoms with Gasteiger partial charge >= 0.3 is 0 Å². The number of fused-ring (bicyclic) bond motifs is 1. The summed E-state index contributed by atoms with van der Waals surface area (Å²) in [6.45, 7) is 3.04. The average molecular weight is 322 g/mol. The summed E-state index contributed by atoms with van der Waals surface area (Å²) in [5.41, 5.74) is 1.57. The third-order valence-corrected chi connectivity index (χ3v) is 4.62. The number of carbonyl (C=O) groups is 1. The first-order valence-electron chi connectivity index (χ1n) is 6.51. The van der Waals surface area contributed by atoms with Gasteiger partial charge in [-0.1, -0.05) is 28.9 Å². The zero-order chi connectivity index (χ0) is 13.4. The highest BCUT2D eigenvalue weighted by Gasteiger charge is 2.34. The first kappa shape index (κ1) is 12.7. The molecule has 2 aromatic heterocycles. The van der Waals surface area contributed by atoms with E-state index in [2.05, 4.69) is 28.0 Å². The molecule has 0 bridgehead atoms. The number of pyridine rings is 1. The van der Waals surface area contributed by atoms with Gasteiger partial charge in [-0.3, -0.25) is 4.79 Å². The molecule has 4 nitrogen and oxygen atoms in total. The molecule has 0 radical (unpaired) electrons. The Morgan fingerprint density at radius 3 is 3.16 bits per heavy atom. The molecular formula is C14H16BrN3O. The number of nitrogens with zero attached hydrogens (tertiary/aromatic N) is 3. The largest absolute Gasteiger partial charge is 0.334 e. The number of rotatable bonds is 2. The van der Waals surface area contributed by atoms with E-state index in [1.807, 2.05) is 29.3 Å². The first-order chi connectivity index (χ1) is 9.22. The summed E-state index contributed by atoms with van der Waals surface area (Å²) in [5, 5.41) is 5.07. The Labute approximate surface area is 120 Å². The van der Waals surface area contributed by atoms with Crippen LogP contribution < -0.4 is 0 Å². The second-order valence-electron chi connectivity index (χ2n) is 5.07. The van der Waals surface area contributed by atoms with E-state index >= 15 is 0 Å². The Morgan fingerprint density at radius 2 is 2.37 bits per heavy atom. The summed E-state index contributed by atoms with van der Waals surface area (Å²) in [6, 6.07) is 6.06. The molecule has 0 aromatic carbocycles. The SMILES string of the molecule is CC1CCN(C(=O)c2cnn3ccccc23)C1CBr. The standard InChI is InChI=1S/C14H16BrN3O/c1-10-5-7-17(13(10)8-15)14(19)11-9-16-18-6-3-2-4-12(11)18/h2-4,6,9-10,13H,5,7-8H2,1H3. The number of hydrogen-bond acceptors (Lipinski definition) is 2. The Bertz CT molecular complexity index is 610. The zero-order valence-electron chi connectivity index (χ0n) is 10.8. The number of hydrogen-bond donors (Lipinski definition) is 0. The fraction of sp³-hybridized carbons (Fsp3) is 0.429. The van der Waals surface area contributed by atoms with Crippen molar-refractivity contribution in [2.24, 2.45) is 5.92 Å². The van der Waals surface area contributed by atoms with E-state index in [1.165, 1.54) is 0 Å². The molecular weight excluding hydrogens is 306 g/mol. The lowest BCUT2D eigenvalue weighted by Gasteiger charge is -2.24. The molecule has 2 unspecified atom stereocenters. The van der Waals surface area contributed by atoms with Crippen LogP contribution in [0.25, 0.3) is 5.52 Å². The fourth-order valence-electron chi connectivity index (χ4n) is 2.75. The lowest BCUT2D eigenvalue weighted by Crippen LogP contribution is -2.38. The van der Waals surface area contributed by atoms with Crippen LogP contribution in [0.15, 0.2) is 30.6 Å². The van der Waals surface area contributed by atoms with Crippen LogP contribution in [0.5, 0.6) is 0 Å². The van der Waals surface area contributed by atoms with Gasteiger partial charge in [0.2, 0.25) is 0 Å². The Hall–Kier alpha value is -1.36. The fourth-order valence-corrected chi connectivity index (χ4v) is 3.74. The van der Waals surface area contributed by atoms with Crippen LogP contribution in [0.3, 0.4) is 0 Å². The van der Waals surface area contributed by atoms with E-state index in [4.69, 9.17) is 0 Å². The number of amides is 1. The van der Waals surface area contributed by atoms with Crippen LogP contribution >= 0.6 is 15.9 Å². The van der Waals surface area contributed by atoms with Gasteiger partial charge in [0.25, 0.3) is 5.91 Å². The van der Waals surface area contributed by atoms with Crippen LogP contribution in [0.1, 0.15) is 23.7 Å². The third-order valence-electron chi connectivity index (χ3n) is 3.96. The van der Waals surface area contributed by atoms with E-state index in [0.29, 0.717) is 11.5 Å². The molecule has 3 heterocycles. The van der Waals surface area contributed by atoms with E-state index in [1.54, 1.807) is 10.7 Å². The Morgan fingerprint density at radius 1 is 1.53 bits per heavy atom. The van der Waals surface area contributed by atoms with Crippen LogP contribution in [0.2, 0.25) is 0 Å². The van der Waals surface area contributed by atoms with E-state index < -0.39 is 0 Å². The lowest BCUT2D eigenvalue weighted by molar-refractivity contribution is 0.0740. The van der Waals surface area contributed by atoms with Crippen molar-refractivity contribution < 1.29 is 4.79 Å². The van der Waals surface area contributed by atoms with Crippen LogP contribution in [-0.2, 0) is 0 Å². The molecule has 2 aromatic rings. The molecule has 0 N–H and O–H groups in total. The summed E-state index contributed by atoms with van der Waals surface area (Å²) >= 11 is 3.52. The maximum absolute atomic E-state index is 12.7. The number of carbonyl (C=O) groups excluding carboxylic acids is 1. The molecule has 1 amide bonds.